The predicted molar refractivity (Wildman–Crippen MR) is 103 cm³/mol. The Morgan fingerprint density at radius 1 is 1.33 bits per heavy atom. The molecular weight excluding hydrogens is 364 g/mol. The van der Waals surface area contributed by atoms with Crippen LogP contribution < -0.4 is 16.0 Å². The van der Waals surface area contributed by atoms with Crippen molar-refractivity contribution in [1.29, 1.82) is 0 Å². The number of thioether (sulfide) groups is 1. The number of nitrogens with one attached hydrogen (secondary N) is 3. The van der Waals surface area contributed by atoms with E-state index in [1.807, 2.05) is 11.8 Å². The third-order valence-corrected chi connectivity index (χ3v) is 6.00. The van der Waals surface area contributed by atoms with Crippen molar-refractivity contribution in [2.24, 2.45) is 0 Å². The zero-order chi connectivity index (χ0) is 18.5. The second-order valence-electron chi connectivity index (χ2n) is 6.94. The van der Waals surface area contributed by atoms with E-state index in [1.165, 1.54) is 4.91 Å². The first-order valence-corrected chi connectivity index (χ1v) is 9.77. The summed E-state index contributed by atoms with van der Waals surface area (Å²) in [5.41, 5.74) is 2.55. The molecule has 1 atom stereocenters. The number of hydrogen-bond acceptors (Lipinski definition) is 6. The van der Waals surface area contributed by atoms with Gasteiger partial charge in [-0.15, -0.1) is 11.8 Å². The van der Waals surface area contributed by atoms with Crippen LogP contribution in [0.2, 0.25) is 0 Å². The van der Waals surface area contributed by atoms with Crippen LogP contribution in [0.5, 0.6) is 0 Å². The minimum atomic E-state index is -0.517. The Hall–Kier alpha value is -2.81. The van der Waals surface area contributed by atoms with Gasteiger partial charge >= 0.3 is 6.03 Å². The van der Waals surface area contributed by atoms with Crippen LogP contribution in [0.3, 0.4) is 0 Å². The molecule has 9 heteroatoms. The van der Waals surface area contributed by atoms with Crippen LogP contribution in [0.1, 0.15) is 42.7 Å². The van der Waals surface area contributed by atoms with Crippen molar-refractivity contribution in [2.45, 2.75) is 37.5 Å². The monoisotopic (exact) mass is 382 g/mol. The Kier molecular flexibility index (Phi) is 3.71. The van der Waals surface area contributed by atoms with Crippen LogP contribution in [0.25, 0.3) is 11.7 Å². The van der Waals surface area contributed by atoms with Crippen molar-refractivity contribution >= 4 is 41.2 Å². The Morgan fingerprint density at radius 2 is 2.19 bits per heavy atom. The second-order valence-corrected chi connectivity index (χ2v) is 8.39. The van der Waals surface area contributed by atoms with Crippen LogP contribution in [-0.4, -0.2) is 32.6 Å². The molecule has 2 aliphatic heterocycles. The molecule has 27 heavy (non-hydrogen) atoms. The Labute approximate surface area is 159 Å². The van der Waals surface area contributed by atoms with E-state index in [0.717, 1.165) is 30.8 Å². The summed E-state index contributed by atoms with van der Waals surface area (Å²) in [5, 5.41) is 13.0. The predicted octanol–water partition coefficient (Wildman–Crippen LogP) is 2.57. The number of urea groups is 1. The molecule has 1 saturated heterocycles. The van der Waals surface area contributed by atoms with Gasteiger partial charge in [-0.1, -0.05) is 6.08 Å². The van der Waals surface area contributed by atoms with Crippen molar-refractivity contribution in [3.8, 4) is 0 Å². The molecule has 0 spiro atoms. The summed E-state index contributed by atoms with van der Waals surface area (Å²) in [5.74, 6) is 0.463. The Balaban J connectivity index is 1.59. The summed E-state index contributed by atoms with van der Waals surface area (Å²) in [7, 11) is 0. The lowest BCUT2D eigenvalue weighted by molar-refractivity contribution is -0.115. The smallest absolute Gasteiger partial charge is 0.326 e. The van der Waals surface area contributed by atoms with E-state index in [9.17, 15) is 9.59 Å². The molecule has 5 rings (SSSR count). The highest BCUT2D eigenvalue weighted by atomic mass is 32.2. The first-order chi connectivity index (χ1) is 13.1. The summed E-state index contributed by atoms with van der Waals surface area (Å²) in [6, 6.07) is 2.03. The van der Waals surface area contributed by atoms with Crippen molar-refractivity contribution in [2.75, 3.05) is 5.32 Å². The summed E-state index contributed by atoms with van der Waals surface area (Å²) >= 11 is 1.82. The molecule has 0 bridgehead atoms. The molecule has 0 aromatic carbocycles. The van der Waals surface area contributed by atoms with E-state index < -0.39 is 11.9 Å². The fraction of sp³-hybridized carbons (Fsp3) is 0.333. The van der Waals surface area contributed by atoms with E-state index >= 15 is 0 Å². The molecule has 2 aromatic rings. The molecule has 1 aliphatic carbocycles. The molecular formula is C18H18N6O2S. The van der Waals surface area contributed by atoms with Crippen molar-refractivity contribution in [3.63, 3.8) is 0 Å². The molecule has 1 saturated carbocycles. The van der Waals surface area contributed by atoms with Gasteiger partial charge in [-0.05, 0) is 37.2 Å². The van der Waals surface area contributed by atoms with Gasteiger partial charge in [-0.2, -0.15) is 9.61 Å². The van der Waals surface area contributed by atoms with Crippen LogP contribution in [0.4, 0.5) is 10.6 Å². The number of imide groups is 1. The number of anilines is 1. The number of amides is 3. The number of nitrogens with zero attached hydrogens (tertiary/aromatic N) is 3. The maximum absolute atomic E-state index is 11.8. The first kappa shape index (κ1) is 16.4. The Bertz CT molecular complexity index is 1040. The molecule has 2 fully saturated rings. The van der Waals surface area contributed by atoms with E-state index in [2.05, 4.69) is 40.1 Å². The van der Waals surface area contributed by atoms with Gasteiger partial charge in [0, 0.05) is 17.7 Å². The molecule has 4 heterocycles. The van der Waals surface area contributed by atoms with Gasteiger partial charge in [0.25, 0.3) is 5.91 Å². The highest BCUT2D eigenvalue weighted by Crippen LogP contribution is 2.43. The zero-order valence-electron chi connectivity index (χ0n) is 14.7. The summed E-state index contributed by atoms with van der Waals surface area (Å²) < 4.78 is 1.77. The highest BCUT2D eigenvalue weighted by Gasteiger charge is 2.27. The maximum atomic E-state index is 11.8. The van der Waals surface area contributed by atoms with Crippen molar-refractivity contribution < 1.29 is 9.59 Å². The lowest BCUT2D eigenvalue weighted by Crippen LogP contribution is -2.22. The van der Waals surface area contributed by atoms with Gasteiger partial charge < -0.3 is 10.6 Å². The third-order valence-electron chi connectivity index (χ3n) is 4.75. The molecule has 3 aliphatic rings. The van der Waals surface area contributed by atoms with Gasteiger partial charge in [0.1, 0.15) is 11.5 Å². The second kappa shape index (κ2) is 6.12. The van der Waals surface area contributed by atoms with Gasteiger partial charge in [0.2, 0.25) is 0 Å². The fourth-order valence-electron chi connectivity index (χ4n) is 3.22. The standard InChI is InChI=1S/C18H18N6O2S/c1-9-2-5-14(27-9)12-7-15(20-11-3-4-11)24-16(21-12)10(8-19-24)6-13-17(25)23-18(26)22-13/h2,6-8,11,14,20H,3-5H2,1H3,(H2,22,23,25,26)/b13-6-. The maximum Gasteiger partial charge on any atom is 0.326 e. The highest BCUT2D eigenvalue weighted by molar-refractivity contribution is 8.03. The number of fused-ring (bicyclic) bond motifs is 1. The zero-order valence-corrected chi connectivity index (χ0v) is 15.5. The number of carbonyl (C=O) groups is 2. The normalized spacial score (nSPS) is 23.7. The largest absolute Gasteiger partial charge is 0.367 e. The van der Waals surface area contributed by atoms with Gasteiger partial charge in [0.05, 0.1) is 17.1 Å². The van der Waals surface area contributed by atoms with E-state index in [4.69, 9.17) is 4.98 Å². The molecule has 138 valence electrons. The van der Waals surface area contributed by atoms with Gasteiger partial charge in [-0.3, -0.25) is 10.1 Å². The number of allylic oxidation sites excluding steroid dienone is 2. The number of hydrogen-bond donors (Lipinski definition) is 3. The number of aromatic nitrogens is 3. The van der Waals surface area contributed by atoms with Crippen LogP contribution in [-0.2, 0) is 4.79 Å². The minimum Gasteiger partial charge on any atom is -0.367 e. The summed E-state index contributed by atoms with van der Waals surface area (Å²) in [6.45, 7) is 2.11. The lowest BCUT2D eigenvalue weighted by atomic mass is 10.2. The van der Waals surface area contributed by atoms with E-state index in [-0.39, 0.29) is 10.9 Å². The van der Waals surface area contributed by atoms with Crippen molar-refractivity contribution in [1.82, 2.24) is 25.2 Å². The summed E-state index contributed by atoms with van der Waals surface area (Å²) in [6.07, 6.45) is 8.77. The fourth-order valence-corrected chi connectivity index (χ4v) is 4.29. The topological polar surface area (TPSA) is 100 Å². The molecule has 3 N–H and O–H groups in total. The van der Waals surface area contributed by atoms with Crippen LogP contribution >= 0.6 is 11.8 Å². The first-order valence-electron chi connectivity index (χ1n) is 8.89. The average molecular weight is 382 g/mol. The summed E-state index contributed by atoms with van der Waals surface area (Å²) in [4.78, 5) is 29.4. The average Bonchev–Trinajstić information content (AvgIpc) is 3.04. The molecule has 0 radical (unpaired) electrons. The van der Waals surface area contributed by atoms with Gasteiger partial charge in [-0.25, -0.2) is 9.78 Å². The van der Waals surface area contributed by atoms with E-state index in [1.54, 1.807) is 16.8 Å². The molecule has 8 nitrogen and oxygen atoms in total. The SMILES string of the molecule is CC1=CCC(c2cc(NC3CC3)n3ncc(/C=C4\NC(=O)NC4=O)c3n2)S1. The number of carbonyl (C=O) groups excluding carboxylic acids is 2. The lowest BCUT2D eigenvalue weighted by Gasteiger charge is -2.13. The minimum absolute atomic E-state index is 0.201. The van der Waals surface area contributed by atoms with Crippen LogP contribution in [0, 0.1) is 0 Å². The quantitative estimate of drug-likeness (QED) is 0.555. The Morgan fingerprint density at radius 3 is 2.85 bits per heavy atom. The van der Waals surface area contributed by atoms with E-state index in [0.29, 0.717) is 17.3 Å². The molecule has 1 unspecified atom stereocenters. The van der Waals surface area contributed by atoms with Crippen LogP contribution in [0.15, 0.2) is 28.9 Å². The number of rotatable bonds is 4. The van der Waals surface area contributed by atoms with Crippen molar-refractivity contribution in [3.05, 3.63) is 40.2 Å². The van der Waals surface area contributed by atoms with Gasteiger partial charge in [0.15, 0.2) is 5.65 Å². The molecule has 2 aromatic heterocycles. The molecule has 3 amide bonds. The third kappa shape index (κ3) is 3.08.